The fourth-order valence-electron chi connectivity index (χ4n) is 5.69. The van der Waals surface area contributed by atoms with Crippen LogP contribution in [-0.2, 0) is 29.1 Å². The summed E-state index contributed by atoms with van der Waals surface area (Å²) in [5.74, 6) is 1.58. The van der Waals surface area contributed by atoms with Crippen LogP contribution in [0.1, 0.15) is 57.2 Å². The minimum atomic E-state index is -0.467. The quantitative estimate of drug-likeness (QED) is 0.488. The molecule has 1 N–H and O–H groups in total. The summed E-state index contributed by atoms with van der Waals surface area (Å²) >= 11 is 0. The number of fused-ring (bicyclic) bond motifs is 6. The maximum atomic E-state index is 13.5. The third-order valence-corrected chi connectivity index (χ3v) is 7.99. The Hall–Kier alpha value is -4.25. The molecule has 0 radical (unpaired) electrons. The number of hydrogen-bond donors (Lipinski definition) is 1. The van der Waals surface area contributed by atoms with Crippen LogP contribution in [0.5, 0.6) is 11.5 Å². The molecule has 1 aromatic heterocycles. The van der Waals surface area contributed by atoms with Gasteiger partial charge in [0.1, 0.15) is 17.3 Å². The van der Waals surface area contributed by atoms with Gasteiger partial charge in [0.2, 0.25) is 11.7 Å². The average Bonchev–Trinajstić information content (AvgIpc) is 3.41. The molecule has 3 aromatic rings. The molecule has 6 rings (SSSR count). The third kappa shape index (κ3) is 5.67. The normalized spacial score (nSPS) is 21.4. The zero-order valence-corrected chi connectivity index (χ0v) is 23.3. The molecular weight excluding hydrogens is 524 g/mol. The van der Waals surface area contributed by atoms with Crippen molar-refractivity contribution in [3.05, 3.63) is 70.8 Å². The molecule has 2 atom stereocenters. The number of aryl methyl sites for hydroxylation is 2. The first-order valence-electron chi connectivity index (χ1n) is 14.1. The maximum Gasteiger partial charge on any atom is 0.291 e. The van der Waals surface area contributed by atoms with Gasteiger partial charge in [0.15, 0.2) is 0 Å². The number of aromatic nitrogens is 3. The van der Waals surface area contributed by atoms with E-state index < -0.39 is 6.04 Å². The highest BCUT2D eigenvalue weighted by molar-refractivity contribution is 5.97. The molecule has 1 saturated heterocycles. The van der Waals surface area contributed by atoms with Crippen LogP contribution in [0.15, 0.2) is 42.5 Å². The molecule has 4 bridgehead atoms. The zero-order chi connectivity index (χ0) is 28.5. The summed E-state index contributed by atoms with van der Waals surface area (Å²) in [6.45, 7) is 3.55. The number of likely N-dealkylation sites (N-methyl/N-ethyl adjacent to an activating group) is 1. The smallest absolute Gasteiger partial charge is 0.291 e. The molecule has 3 amide bonds. The molecule has 3 aliphatic heterocycles. The van der Waals surface area contributed by atoms with Gasteiger partial charge in [0.05, 0.1) is 25.3 Å². The van der Waals surface area contributed by atoms with E-state index in [-0.39, 0.29) is 36.9 Å². The van der Waals surface area contributed by atoms with Crippen LogP contribution in [-0.4, -0.2) is 81.1 Å². The van der Waals surface area contributed by atoms with Crippen molar-refractivity contribution >= 4 is 17.7 Å². The lowest BCUT2D eigenvalue weighted by Gasteiger charge is -2.39. The van der Waals surface area contributed by atoms with E-state index in [0.717, 1.165) is 42.8 Å². The summed E-state index contributed by atoms with van der Waals surface area (Å²) in [6.07, 6.45) is 3.05. The number of carbonyl (C=O) groups excluding carboxylic acids is 3. The fraction of sp³-hybridized carbons (Fsp3) is 0.433. The number of carbonyl (C=O) groups is 3. The SMILES string of the molecule is Cc1ccc2cc1Oc1cccc(c1)CO[C@@H]1CCN(C(=O)c3nnc4n3CCCC4)C[C@@H]1NC(=O)CN(C)C2=O. The molecule has 41 heavy (non-hydrogen) atoms. The Morgan fingerprint density at radius 2 is 1.95 bits per heavy atom. The lowest BCUT2D eigenvalue weighted by atomic mass is 10.0. The summed E-state index contributed by atoms with van der Waals surface area (Å²) < 4.78 is 14.4. The first kappa shape index (κ1) is 26.9. The van der Waals surface area contributed by atoms with E-state index in [0.29, 0.717) is 42.5 Å². The van der Waals surface area contributed by atoms with Crippen LogP contribution in [0, 0.1) is 6.92 Å². The lowest BCUT2D eigenvalue weighted by molar-refractivity contribution is -0.124. The van der Waals surface area contributed by atoms with Gasteiger partial charge < -0.3 is 29.2 Å². The van der Waals surface area contributed by atoms with Gasteiger partial charge >= 0.3 is 0 Å². The molecule has 0 aliphatic carbocycles. The van der Waals surface area contributed by atoms with Gasteiger partial charge in [-0.05, 0) is 61.6 Å². The van der Waals surface area contributed by atoms with Crippen molar-refractivity contribution in [3.63, 3.8) is 0 Å². The number of likely N-dealkylation sites (tertiary alicyclic amines) is 1. The third-order valence-electron chi connectivity index (χ3n) is 7.99. The van der Waals surface area contributed by atoms with E-state index in [2.05, 4.69) is 15.5 Å². The Labute approximate surface area is 238 Å². The summed E-state index contributed by atoms with van der Waals surface area (Å²) in [5, 5.41) is 11.5. The van der Waals surface area contributed by atoms with Gasteiger partial charge in [-0.3, -0.25) is 14.4 Å². The second-order valence-electron chi connectivity index (χ2n) is 11.0. The summed E-state index contributed by atoms with van der Waals surface area (Å²) in [6, 6.07) is 12.4. The number of amides is 3. The van der Waals surface area contributed by atoms with Crippen molar-refractivity contribution in [3.8, 4) is 11.5 Å². The lowest BCUT2D eigenvalue weighted by Crippen LogP contribution is -2.58. The molecule has 11 heteroatoms. The molecule has 2 aromatic carbocycles. The van der Waals surface area contributed by atoms with Crippen molar-refractivity contribution in [1.82, 2.24) is 29.9 Å². The second kappa shape index (κ2) is 11.3. The van der Waals surface area contributed by atoms with Crippen LogP contribution >= 0.6 is 0 Å². The topological polar surface area (TPSA) is 119 Å². The monoisotopic (exact) mass is 558 g/mol. The highest BCUT2D eigenvalue weighted by Gasteiger charge is 2.36. The molecular formula is C30H34N6O5. The average molecular weight is 559 g/mol. The highest BCUT2D eigenvalue weighted by atomic mass is 16.5. The molecule has 1 fully saturated rings. The minimum absolute atomic E-state index is 0.142. The maximum absolute atomic E-state index is 13.5. The summed E-state index contributed by atoms with van der Waals surface area (Å²) in [4.78, 5) is 43.0. The van der Waals surface area contributed by atoms with Crippen molar-refractivity contribution in [1.29, 1.82) is 0 Å². The van der Waals surface area contributed by atoms with Crippen LogP contribution in [0.25, 0.3) is 0 Å². The molecule has 3 aliphatic rings. The van der Waals surface area contributed by atoms with E-state index in [1.165, 1.54) is 4.90 Å². The molecule has 11 nitrogen and oxygen atoms in total. The number of rotatable bonds is 1. The van der Waals surface area contributed by atoms with Crippen molar-refractivity contribution < 1.29 is 23.9 Å². The van der Waals surface area contributed by atoms with Gasteiger partial charge in [-0.2, -0.15) is 0 Å². The number of hydrogen-bond acceptors (Lipinski definition) is 7. The molecule has 0 unspecified atom stereocenters. The molecule has 0 saturated carbocycles. The standard InChI is InChI=1S/C30H34N6O5/c1-19-9-10-21-15-25(19)41-22-7-5-6-20(14-22)18-40-24-11-13-35(16-23(24)31-27(37)17-34(2)29(21)38)30(39)28-33-32-26-8-3-4-12-36(26)28/h5-7,9-10,14-15,23-24H,3-4,8,11-13,16-18H2,1-2H3,(H,31,37)/t23-,24+/m0/s1. The molecule has 214 valence electrons. The first-order valence-corrected chi connectivity index (χ1v) is 14.1. The van der Waals surface area contributed by atoms with Crippen LogP contribution in [0.4, 0.5) is 0 Å². The van der Waals surface area contributed by atoms with Crippen LogP contribution in [0.2, 0.25) is 0 Å². The summed E-state index contributed by atoms with van der Waals surface area (Å²) in [7, 11) is 1.59. The van der Waals surface area contributed by atoms with Gasteiger partial charge in [-0.25, -0.2) is 0 Å². The Bertz CT molecular complexity index is 1490. The van der Waals surface area contributed by atoms with E-state index in [9.17, 15) is 14.4 Å². The van der Waals surface area contributed by atoms with E-state index in [4.69, 9.17) is 9.47 Å². The predicted octanol–water partition coefficient (Wildman–Crippen LogP) is 2.72. The van der Waals surface area contributed by atoms with Crippen molar-refractivity contribution in [2.24, 2.45) is 0 Å². The van der Waals surface area contributed by atoms with E-state index in [1.54, 1.807) is 24.1 Å². The number of ether oxygens (including phenoxy) is 2. The second-order valence-corrected chi connectivity index (χ2v) is 11.0. The fourth-order valence-corrected chi connectivity index (χ4v) is 5.69. The number of nitrogens with one attached hydrogen (secondary N) is 1. The number of piperidine rings is 1. The van der Waals surface area contributed by atoms with Gasteiger partial charge in [0, 0.05) is 38.7 Å². The first-order chi connectivity index (χ1) is 19.9. The molecule has 0 spiro atoms. The van der Waals surface area contributed by atoms with Crippen molar-refractivity contribution in [2.45, 2.75) is 57.9 Å². The minimum Gasteiger partial charge on any atom is -0.457 e. The predicted molar refractivity (Wildman–Crippen MR) is 149 cm³/mol. The largest absolute Gasteiger partial charge is 0.457 e. The van der Waals surface area contributed by atoms with Gasteiger partial charge in [-0.1, -0.05) is 18.2 Å². The van der Waals surface area contributed by atoms with Gasteiger partial charge in [-0.15, -0.1) is 10.2 Å². The Kier molecular flexibility index (Phi) is 7.44. The summed E-state index contributed by atoms with van der Waals surface area (Å²) in [5.41, 5.74) is 2.23. The Morgan fingerprint density at radius 1 is 1.07 bits per heavy atom. The van der Waals surface area contributed by atoms with Crippen LogP contribution < -0.4 is 10.1 Å². The zero-order valence-electron chi connectivity index (χ0n) is 23.3. The Morgan fingerprint density at radius 3 is 2.83 bits per heavy atom. The van der Waals surface area contributed by atoms with E-state index in [1.807, 2.05) is 41.8 Å². The Balaban J connectivity index is 1.26. The van der Waals surface area contributed by atoms with Crippen LogP contribution in [0.3, 0.4) is 0 Å². The number of benzene rings is 2. The van der Waals surface area contributed by atoms with Gasteiger partial charge in [0.25, 0.3) is 11.8 Å². The highest BCUT2D eigenvalue weighted by Crippen LogP contribution is 2.28. The number of nitrogens with zero attached hydrogens (tertiary/aromatic N) is 5. The van der Waals surface area contributed by atoms with Crippen molar-refractivity contribution in [2.75, 3.05) is 26.7 Å². The van der Waals surface area contributed by atoms with E-state index >= 15 is 0 Å². The molecule has 4 heterocycles.